The molecule has 2 aromatic heterocycles. The largest absolute Gasteiger partial charge is 0.351 e. The van der Waals surface area contributed by atoms with Gasteiger partial charge in [0.15, 0.2) is 5.11 Å². The van der Waals surface area contributed by atoms with Crippen molar-refractivity contribution in [2.75, 3.05) is 10.2 Å². The van der Waals surface area contributed by atoms with Crippen LogP contribution in [0.3, 0.4) is 0 Å². The summed E-state index contributed by atoms with van der Waals surface area (Å²) in [7, 11) is 0. The number of nitrogens with one attached hydrogen (secondary N) is 2. The number of aromatic nitrogens is 2. The Morgan fingerprint density at radius 2 is 1.88 bits per heavy atom. The van der Waals surface area contributed by atoms with Crippen LogP contribution in [0.2, 0.25) is 5.02 Å². The highest BCUT2D eigenvalue weighted by molar-refractivity contribution is 7.80. The second-order valence-electron chi connectivity index (χ2n) is 10.9. The van der Waals surface area contributed by atoms with E-state index in [-0.39, 0.29) is 23.9 Å². The average Bonchev–Trinajstić information content (AvgIpc) is 3.44. The molecule has 0 radical (unpaired) electrons. The number of carbonyl (C=O) groups excluding carboxylic acids is 1. The maximum absolute atomic E-state index is 12.3. The Bertz CT molecular complexity index is 1610. The first-order valence-electron chi connectivity index (χ1n) is 14.0. The van der Waals surface area contributed by atoms with E-state index in [9.17, 15) is 4.79 Å². The number of benzene rings is 2. The van der Waals surface area contributed by atoms with Gasteiger partial charge in [-0.2, -0.15) is 0 Å². The normalized spacial score (nSPS) is 16.8. The Hall–Kier alpha value is -3.68. The van der Waals surface area contributed by atoms with Gasteiger partial charge >= 0.3 is 0 Å². The van der Waals surface area contributed by atoms with E-state index in [0.29, 0.717) is 15.8 Å². The number of aryl methyl sites for hydroxylation is 3. The molecule has 1 amide bonds. The molecule has 41 heavy (non-hydrogen) atoms. The zero-order chi connectivity index (χ0) is 29.4. The first-order chi connectivity index (χ1) is 19.6. The summed E-state index contributed by atoms with van der Waals surface area (Å²) in [4.78, 5) is 19.2. The van der Waals surface area contributed by atoms with Gasteiger partial charge < -0.3 is 20.1 Å². The molecule has 1 fully saturated rings. The van der Waals surface area contributed by atoms with Crippen molar-refractivity contribution in [3.8, 4) is 5.69 Å². The zero-order valence-corrected chi connectivity index (χ0v) is 25.9. The van der Waals surface area contributed by atoms with E-state index < -0.39 is 0 Å². The van der Waals surface area contributed by atoms with Crippen LogP contribution in [0.4, 0.5) is 11.4 Å². The summed E-state index contributed by atoms with van der Waals surface area (Å²) in [6, 6.07) is 20.0. The van der Waals surface area contributed by atoms with Gasteiger partial charge in [-0.3, -0.25) is 9.78 Å². The van der Waals surface area contributed by atoms with Crippen LogP contribution >= 0.6 is 23.8 Å². The van der Waals surface area contributed by atoms with E-state index in [1.807, 2.05) is 56.4 Å². The number of rotatable bonds is 7. The van der Waals surface area contributed by atoms with Crippen LogP contribution in [-0.4, -0.2) is 20.6 Å². The third-order valence-corrected chi connectivity index (χ3v) is 8.45. The smallest absolute Gasteiger partial charge is 0.226 e. The van der Waals surface area contributed by atoms with Crippen LogP contribution < -0.4 is 15.5 Å². The second-order valence-corrected chi connectivity index (χ2v) is 11.7. The van der Waals surface area contributed by atoms with Gasteiger partial charge in [-0.1, -0.05) is 56.6 Å². The van der Waals surface area contributed by atoms with Gasteiger partial charge in [-0.05, 0) is 92.5 Å². The number of thiocarbonyl (C=S) groups is 1. The number of anilines is 2. The Labute approximate surface area is 252 Å². The number of hydrogen-bond acceptors (Lipinski definition) is 3. The van der Waals surface area contributed by atoms with Gasteiger partial charge in [-0.25, -0.2) is 0 Å². The molecule has 0 aliphatic carbocycles. The molecule has 2 aromatic carbocycles. The fourth-order valence-electron chi connectivity index (χ4n) is 5.74. The summed E-state index contributed by atoms with van der Waals surface area (Å²) in [5, 5.41) is 7.52. The highest BCUT2D eigenvalue weighted by atomic mass is 35.5. The van der Waals surface area contributed by atoms with Gasteiger partial charge in [0.2, 0.25) is 5.91 Å². The van der Waals surface area contributed by atoms with Crippen LogP contribution in [-0.2, 0) is 11.2 Å². The van der Waals surface area contributed by atoms with Crippen molar-refractivity contribution in [1.82, 2.24) is 14.9 Å². The Balaban J connectivity index is 1.65. The van der Waals surface area contributed by atoms with Crippen LogP contribution in [0, 0.1) is 26.7 Å². The summed E-state index contributed by atoms with van der Waals surface area (Å²) in [6.07, 6.45) is 2.76. The van der Waals surface area contributed by atoms with E-state index in [4.69, 9.17) is 28.8 Å². The van der Waals surface area contributed by atoms with Crippen molar-refractivity contribution in [3.63, 3.8) is 0 Å². The van der Waals surface area contributed by atoms with Crippen LogP contribution in [0.5, 0.6) is 0 Å². The minimum absolute atomic E-state index is 0.0822. The van der Waals surface area contributed by atoms with Gasteiger partial charge in [0.25, 0.3) is 0 Å². The molecule has 2 N–H and O–H groups in total. The summed E-state index contributed by atoms with van der Waals surface area (Å²) in [5.74, 6) is -0.234. The van der Waals surface area contributed by atoms with Crippen molar-refractivity contribution in [2.24, 2.45) is 5.92 Å². The third kappa shape index (κ3) is 5.36. The summed E-state index contributed by atoms with van der Waals surface area (Å²) >= 11 is 12.7. The second kappa shape index (κ2) is 11.7. The number of nitrogens with zero attached hydrogens (tertiary/aromatic N) is 3. The van der Waals surface area contributed by atoms with E-state index in [1.54, 1.807) is 0 Å². The molecule has 1 aliphatic rings. The number of carbonyl (C=O) groups is 1. The molecule has 6 nitrogen and oxygen atoms in total. The van der Waals surface area contributed by atoms with Crippen molar-refractivity contribution in [2.45, 2.75) is 60.0 Å². The SMILES string of the molecule is CCc1cccc(C)c1-n1c(C)cc([C@H]2[C@H](c3ccccn3)NC(=S)N2c2ccc(NC(=O)C(C)C)c(Cl)c2)c1C. The fourth-order valence-corrected chi connectivity index (χ4v) is 6.31. The lowest BCUT2D eigenvalue weighted by Gasteiger charge is -2.29. The van der Waals surface area contributed by atoms with Crippen molar-refractivity contribution < 1.29 is 4.79 Å². The lowest BCUT2D eigenvalue weighted by atomic mass is 9.96. The minimum atomic E-state index is -0.182. The molecule has 8 heteroatoms. The van der Waals surface area contributed by atoms with Gasteiger partial charge in [0.05, 0.1) is 34.2 Å². The quantitative estimate of drug-likeness (QED) is 0.217. The molecular weight excluding hydrogens is 550 g/mol. The molecule has 0 saturated carbocycles. The molecule has 5 rings (SSSR count). The Morgan fingerprint density at radius 1 is 1.10 bits per heavy atom. The lowest BCUT2D eigenvalue weighted by molar-refractivity contribution is -0.118. The first kappa shape index (κ1) is 28.8. The van der Waals surface area contributed by atoms with Crippen molar-refractivity contribution in [3.05, 3.63) is 106 Å². The molecule has 0 bridgehead atoms. The molecule has 212 valence electrons. The van der Waals surface area contributed by atoms with Crippen LogP contribution in [0.15, 0.2) is 66.9 Å². The van der Waals surface area contributed by atoms with E-state index >= 15 is 0 Å². The van der Waals surface area contributed by atoms with E-state index in [0.717, 1.165) is 34.8 Å². The van der Waals surface area contributed by atoms with Gasteiger partial charge in [-0.15, -0.1) is 0 Å². The molecule has 1 aliphatic heterocycles. The third-order valence-electron chi connectivity index (χ3n) is 7.83. The minimum Gasteiger partial charge on any atom is -0.351 e. The molecule has 0 unspecified atom stereocenters. The van der Waals surface area contributed by atoms with Crippen molar-refractivity contribution in [1.29, 1.82) is 0 Å². The number of amides is 1. The number of para-hydroxylation sites is 1. The maximum atomic E-state index is 12.3. The average molecular weight is 586 g/mol. The molecule has 0 spiro atoms. The number of halogens is 1. The molecule has 3 heterocycles. The fraction of sp³-hybridized carbons (Fsp3) is 0.303. The molecule has 4 aromatic rings. The highest BCUT2D eigenvalue weighted by Gasteiger charge is 2.42. The van der Waals surface area contributed by atoms with Crippen LogP contribution in [0.1, 0.15) is 66.6 Å². The Kier molecular flexibility index (Phi) is 8.20. The molecule has 2 atom stereocenters. The summed E-state index contributed by atoms with van der Waals surface area (Å²) in [5.41, 5.74) is 9.57. The predicted molar refractivity (Wildman–Crippen MR) is 172 cm³/mol. The molecule has 1 saturated heterocycles. The first-order valence-corrected chi connectivity index (χ1v) is 14.8. The van der Waals surface area contributed by atoms with E-state index in [1.165, 1.54) is 16.8 Å². The maximum Gasteiger partial charge on any atom is 0.226 e. The lowest BCUT2D eigenvalue weighted by Crippen LogP contribution is -2.29. The van der Waals surface area contributed by atoms with Gasteiger partial charge in [0, 0.05) is 29.2 Å². The topological polar surface area (TPSA) is 62.2 Å². The summed E-state index contributed by atoms with van der Waals surface area (Å²) < 4.78 is 2.37. The van der Waals surface area contributed by atoms with E-state index in [2.05, 4.69) is 72.1 Å². The predicted octanol–water partition coefficient (Wildman–Crippen LogP) is 7.78. The Morgan fingerprint density at radius 3 is 2.54 bits per heavy atom. The standard InChI is InChI=1S/C33H36ClN5OS/c1-7-23-12-10-11-20(4)30(23)38-21(5)17-25(22(38)6)31-29(28-13-8-9-16-35-28)37-33(41)39(31)24-14-15-27(26(34)18-24)36-32(40)19(2)3/h8-19,29,31H,7H2,1-6H3,(H,36,40)(H,37,41)/t29-,31-/m0/s1. The van der Waals surface area contributed by atoms with Crippen molar-refractivity contribution >= 4 is 46.2 Å². The van der Waals surface area contributed by atoms with Gasteiger partial charge in [0.1, 0.15) is 0 Å². The molecular formula is C33H36ClN5OS. The number of pyridine rings is 1. The zero-order valence-electron chi connectivity index (χ0n) is 24.3. The summed E-state index contributed by atoms with van der Waals surface area (Å²) in [6.45, 7) is 12.4. The highest BCUT2D eigenvalue weighted by Crippen LogP contribution is 2.45. The van der Waals surface area contributed by atoms with Crippen LogP contribution in [0.25, 0.3) is 5.69 Å². The monoisotopic (exact) mass is 585 g/mol. The number of hydrogen-bond donors (Lipinski definition) is 2.